The van der Waals surface area contributed by atoms with Crippen LogP contribution in [0.2, 0.25) is 0 Å². The number of nitrogens with one attached hydrogen (secondary N) is 2. The minimum absolute atomic E-state index is 0.176. The third kappa shape index (κ3) is 4.26. The summed E-state index contributed by atoms with van der Waals surface area (Å²) in [6.45, 7) is 2.25. The van der Waals surface area contributed by atoms with Crippen molar-refractivity contribution in [2.45, 2.75) is 11.7 Å². The molecule has 0 saturated heterocycles. The van der Waals surface area contributed by atoms with Gasteiger partial charge in [0.1, 0.15) is 5.82 Å². The molecule has 3 aromatic rings. The molecule has 1 aliphatic rings. The van der Waals surface area contributed by atoms with E-state index < -0.39 is 0 Å². The van der Waals surface area contributed by atoms with Crippen molar-refractivity contribution in [1.82, 2.24) is 25.1 Å². The average Bonchev–Trinajstić information content (AvgIpc) is 3.40. The van der Waals surface area contributed by atoms with Gasteiger partial charge in [0.15, 0.2) is 22.3 Å². The Hall–Kier alpha value is -3.05. The van der Waals surface area contributed by atoms with Gasteiger partial charge in [0, 0.05) is 25.8 Å². The van der Waals surface area contributed by atoms with Crippen LogP contribution in [-0.4, -0.2) is 65.5 Å². The first-order valence-electron chi connectivity index (χ1n) is 9.38. The summed E-state index contributed by atoms with van der Waals surface area (Å²) in [5.74, 6) is 1.76. The number of amides is 1. The zero-order valence-electron chi connectivity index (χ0n) is 16.7. The number of nitrogens with zero attached hydrogens (tertiary/aromatic N) is 4. The molecule has 2 aromatic heterocycles. The fraction of sp³-hybridized carbons (Fsp3) is 0.368. The third-order valence-corrected chi connectivity index (χ3v) is 5.05. The van der Waals surface area contributed by atoms with Gasteiger partial charge in [-0.1, -0.05) is 11.8 Å². The maximum atomic E-state index is 12.4. The lowest BCUT2D eigenvalue weighted by molar-refractivity contribution is 0.0951. The Kier molecular flexibility index (Phi) is 6.19. The number of hydrogen-bond acceptors (Lipinski definition) is 9. The van der Waals surface area contributed by atoms with Crippen LogP contribution in [0, 0.1) is 0 Å². The number of carbonyl (C=O) groups is 1. The van der Waals surface area contributed by atoms with Crippen molar-refractivity contribution in [3.63, 3.8) is 0 Å². The third-order valence-electron chi connectivity index (χ3n) is 4.50. The molecule has 0 bridgehead atoms. The van der Waals surface area contributed by atoms with Gasteiger partial charge in [0.2, 0.25) is 6.79 Å². The molecule has 0 aliphatic carbocycles. The first-order chi connectivity index (χ1) is 14.7. The van der Waals surface area contributed by atoms with Crippen molar-refractivity contribution in [2.75, 3.05) is 45.2 Å². The SMILES string of the molecule is COCCNc1nc(SC)nc2c1cnn2CCNC(=O)c1ccc2c(c1)OCO2. The highest BCUT2D eigenvalue weighted by Crippen LogP contribution is 2.32. The topological polar surface area (TPSA) is 112 Å². The molecule has 0 fully saturated rings. The van der Waals surface area contributed by atoms with Gasteiger partial charge in [-0.25, -0.2) is 14.6 Å². The van der Waals surface area contributed by atoms with E-state index in [4.69, 9.17) is 14.2 Å². The van der Waals surface area contributed by atoms with E-state index in [9.17, 15) is 4.79 Å². The Morgan fingerprint density at radius 2 is 2.13 bits per heavy atom. The second-order valence-electron chi connectivity index (χ2n) is 6.41. The molecule has 0 unspecified atom stereocenters. The predicted molar refractivity (Wildman–Crippen MR) is 112 cm³/mol. The van der Waals surface area contributed by atoms with Gasteiger partial charge in [0.25, 0.3) is 5.91 Å². The number of hydrogen-bond donors (Lipinski definition) is 2. The van der Waals surface area contributed by atoms with Crippen molar-refractivity contribution in [3.05, 3.63) is 30.0 Å². The molecule has 4 rings (SSSR count). The van der Waals surface area contributed by atoms with Crippen LogP contribution in [0.4, 0.5) is 5.82 Å². The minimum Gasteiger partial charge on any atom is -0.454 e. The van der Waals surface area contributed by atoms with E-state index in [0.717, 1.165) is 11.2 Å². The van der Waals surface area contributed by atoms with E-state index in [2.05, 4.69) is 25.7 Å². The first-order valence-corrected chi connectivity index (χ1v) is 10.6. The van der Waals surface area contributed by atoms with Crippen molar-refractivity contribution < 1.29 is 19.0 Å². The molecule has 10 nitrogen and oxygen atoms in total. The monoisotopic (exact) mass is 430 g/mol. The lowest BCUT2D eigenvalue weighted by Gasteiger charge is -2.09. The highest BCUT2D eigenvalue weighted by Gasteiger charge is 2.17. The highest BCUT2D eigenvalue weighted by atomic mass is 32.2. The Bertz CT molecular complexity index is 1060. The van der Waals surface area contributed by atoms with Crippen LogP contribution in [0.25, 0.3) is 11.0 Å². The Morgan fingerprint density at radius 1 is 1.27 bits per heavy atom. The lowest BCUT2D eigenvalue weighted by Crippen LogP contribution is -2.27. The summed E-state index contributed by atoms with van der Waals surface area (Å²) in [5, 5.41) is 12.1. The van der Waals surface area contributed by atoms with Crippen molar-refractivity contribution >= 4 is 34.5 Å². The number of benzene rings is 1. The molecule has 11 heteroatoms. The van der Waals surface area contributed by atoms with Gasteiger partial charge in [-0.3, -0.25) is 4.79 Å². The molecule has 0 saturated carbocycles. The number of rotatable bonds is 9. The maximum Gasteiger partial charge on any atom is 0.251 e. The van der Waals surface area contributed by atoms with E-state index in [1.165, 1.54) is 11.8 Å². The Balaban J connectivity index is 1.43. The molecule has 158 valence electrons. The number of ether oxygens (including phenoxy) is 3. The number of thioether (sulfide) groups is 1. The summed E-state index contributed by atoms with van der Waals surface area (Å²) >= 11 is 1.46. The Labute approximate surface area is 177 Å². The molecule has 3 heterocycles. The number of aromatic nitrogens is 4. The number of carbonyl (C=O) groups excluding carboxylic acids is 1. The normalized spacial score (nSPS) is 12.3. The van der Waals surface area contributed by atoms with Crippen LogP contribution in [0.3, 0.4) is 0 Å². The van der Waals surface area contributed by atoms with Gasteiger partial charge in [0.05, 0.1) is 24.7 Å². The van der Waals surface area contributed by atoms with E-state index in [1.54, 1.807) is 36.2 Å². The predicted octanol–water partition coefficient (Wildman–Crippen LogP) is 1.77. The molecule has 2 N–H and O–H groups in total. The van der Waals surface area contributed by atoms with Crippen LogP contribution in [0.1, 0.15) is 10.4 Å². The van der Waals surface area contributed by atoms with E-state index in [0.29, 0.717) is 54.1 Å². The molecule has 1 amide bonds. The van der Waals surface area contributed by atoms with Gasteiger partial charge in [-0.2, -0.15) is 5.10 Å². The zero-order valence-corrected chi connectivity index (χ0v) is 17.5. The Morgan fingerprint density at radius 3 is 2.97 bits per heavy atom. The minimum atomic E-state index is -0.189. The summed E-state index contributed by atoms with van der Waals surface area (Å²) < 4.78 is 17.4. The van der Waals surface area contributed by atoms with Crippen LogP contribution in [0.5, 0.6) is 11.5 Å². The summed E-state index contributed by atoms with van der Waals surface area (Å²) in [6.07, 6.45) is 3.65. The molecule has 1 aromatic carbocycles. The number of anilines is 1. The quantitative estimate of drug-likeness (QED) is 0.298. The van der Waals surface area contributed by atoms with Crippen LogP contribution in [0.15, 0.2) is 29.6 Å². The summed E-state index contributed by atoms with van der Waals surface area (Å²) in [4.78, 5) is 21.5. The zero-order chi connectivity index (χ0) is 20.9. The van der Waals surface area contributed by atoms with E-state index >= 15 is 0 Å². The number of fused-ring (bicyclic) bond motifs is 2. The summed E-state index contributed by atoms with van der Waals surface area (Å²) in [5.41, 5.74) is 1.23. The maximum absolute atomic E-state index is 12.4. The fourth-order valence-electron chi connectivity index (χ4n) is 3.01. The largest absolute Gasteiger partial charge is 0.454 e. The van der Waals surface area contributed by atoms with Crippen molar-refractivity contribution in [1.29, 1.82) is 0 Å². The second-order valence-corrected chi connectivity index (χ2v) is 7.18. The molecule has 0 atom stereocenters. The molecular formula is C19H22N6O4S. The number of methoxy groups -OCH3 is 1. The lowest BCUT2D eigenvalue weighted by atomic mass is 10.2. The van der Waals surface area contributed by atoms with Crippen molar-refractivity contribution in [2.24, 2.45) is 0 Å². The highest BCUT2D eigenvalue weighted by molar-refractivity contribution is 7.98. The first kappa shape index (κ1) is 20.2. The van der Waals surface area contributed by atoms with E-state index in [-0.39, 0.29) is 12.7 Å². The smallest absolute Gasteiger partial charge is 0.251 e. The average molecular weight is 430 g/mol. The fourth-order valence-corrected chi connectivity index (χ4v) is 3.37. The molecular weight excluding hydrogens is 408 g/mol. The van der Waals surface area contributed by atoms with Gasteiger partial charge >= 0.3 is 0 Å². The summed E-state index contributed by atoms with van der Waals surface area (Å²) in [6, 6.07) is 5.12. The molecule has 0 spiro atoms. The summed E-state index contributed by atoms with van der Waals surface area (Å²) in [7, 11) is 1.65. The van der Waals surface area contributed by atoms with Gasteiger partial charge in [-0.05, 0) is 24.5 Å². The van der Waals surface area contributed by atoms with Gasteiger partial charge in [-0.15, -0.1) is 0 Å². The van der Waals surface area contributed by atoms with Crippen LogP contribution in [-0.2, 0) is 11.3 Å². The van der Waals surface area contributed by atoms with Crippen LogP contribution < -0.4 is 20.1 Å². The van der Waals surface area contributed by atoms with Crippen LogP contribution >= 0.6 is 11.8 Å². The van der Waals surface area contributed by atoms with Gasteiger partial charge < -0.3 is 24.8 Å². The second kappa shape index (κ2) is 9.18. The molecule has 30 heavy (non-hydrogen) atoms. The molecule has 0 radical (unpaired) electrons. The van der Waals surface area contributed by atoms with E-state index in [1.807, 2.05) is 6.26 Å². The van der Waals surface area contributed by atoms with Crippen molar-refractivity contribution in [3.8, 4) is 11.5 Å². The standard InChI is InChI=1S/C19H22N6O4S/c1-27-8-6-20-16-13-10-22-25(17(13)24-19(23-16)30-2)7-5-21-18(26)12-3-4-14-15(9-12)29-11-28-14/h3-4,9-10H,5-8,11H2,1-2H3,(H,21,26)(H,20,23,24). The molecule has 1 aliphatic heterocycles.